The fraction of sp³-hybridized carbons (Fsp3) is 0.450. The van der Waals surface area contributed by atoms with Gasteiger partial charge in [-0.3, -0.25) is 4.79 Å². The number of rotatable bonds is 9. The molecule has 26 heavy (non-hydrogen) atoms. The monoisotopic (exact) mass is 355 g/mol. The molecule has 140 valence electrons. The Morgan fingerprint density at radius 1 is 1.08 bits per heavy atom. The van der Waals surface area contributed by atoms with Gasteiger partial charge in [0.05, 0.1) is 0 Å². The molecule has 6 heteroatoms. The molecule has 0 unspecified atom stereocenters. The number of unbranched alkanes of at least 4 members (excludes halogenated alkanes) is 1. The molecule has 2 N–H and O–H groups in total. The van der Waals surface area contributed by atoms with Crippen molar-refractivity contribution in [2.24, 2.45) is 0 Å². The van der Waals surface area contributed by atoms with Crippen molar-refractivity contribution in [1.82, 2.24) is 14.9 Å². The van der Waals surface area contributed by atoms with Crippen LogP contribution in [0.15, 0.2) is 30.3 Å². The molecule has 1 aromatic heterocycles. The van der Waals surface area contributed by atoms with Crippen molar-refractivity contribution >= 4 is 23.2 Å². The van der Waals surface area contributed by atoms with E-state index in [2.05, 4.69) is 39.5 Å². The van der Waals surface area contributed by atoms with Crippen LogP contribution in [0.3, 0.4) is 0 Å². The van der Waals surface area contributed by atoms with Gasteiger partial charge in [0.15, 0.2) is 0 Å². The lowest BCUT2D eigenvalue weighted by Crippen LogP contribution is -2.25. The van der Waals surface area contributed by atoms with Crippen molar-refractivity contribution < 1.29 is 4.79 Å². The molecule has 6 nitrogen and oxygen atoms in total. The number of hydrogen-bond acceptors (Lipinski definition) is 5. The van der Waals surface area contributed by atoms with Gasteiger partial charge in [-0.15, -0.1) is 0 Å². The SMILES string of the molecule is CCCCN(C)CCC(=O)Nc1cccc(Nc2nc(C)cc(C)n2)c1. The van der Waals surface area contributed by atoms with Crippen molar-refractivity contribution in [1.29, 1.82) is 0 Å². The minimum atomic E-state index is 0.0214. The van der Waals surface area contributed by atoms with E-state index in [0.717, 1.165) is 42.3 Å². The Balaban J connectivity index is 1.91. The third kappa shape index (κ3) is 6.80. The standard InChI is InChI=1S/C20H29N5O/c1-5-6-11-25(4)12-10-19(26)23-17-8-7-9-18(14-17)24-20-21-15(2)13-16(3)22-20/h7-9,13-14H,5-6,10-12H2,1-4H3,(H,23,26)(H,21,22,24). The number of anilines is 3. The number of amides is 1. The van der Waals surface area contributed by atoms with Crippen molar-refractivity contribution in [2.75, 3.05) is 30.8 Å². The van der Waals surface area contributed by atoms with Crippen LogP contribution in [0.25, 0.3) is 0 Å². The highest BCUT2D eigenvalue weighted by Crippen LogP contribution is 2.18. The van der Waals surface area contributed by atoms with Gasteiger partial charge in [0.1, 0.15) is 0 Å². The average Bonchev–Trinajstić information content (AvgIpc) is 2.57. The van der Waals surface area contributed by atoms with E-state index in [1.165, 1.54) is 6.42 Å². The zero-order valence-electron chi connectivity index (χ0n) is 16.2. The first-order chi connectivity index (χ1) is 12.5. The van der Waals surface area contributed by atoms with Gasteiger partial charge in [-0.25, -0.2) is 9.97 Å². The number of nitrogens with one attached hydrogen (secondary N) is 2. The Morgan fingerprint density at radius 2 is 1.77 bits per heavy atom. The summed E-state index contributed by atoms with van der Waals surface area (Å²) in [4.78, 5) is 23.1. The molecular formula is C20H29N5O. The lowest BCUT2D eigenvalue weighted by molar-refractivity contribution is -0.116. The molecule has 0 bridgehead atoms. The van der Waals surface area contributed by atoms with Crippen LogP contribution in [0.5, 0.6) is 0 Å². The summed E-state index contributed by atoms with van der Waals surface area (Å²) in [5, 5.41) is 6.15. The molecule has 2 rings (SSSR count). The van der Waals surface area contributed by atoms with E-state index in [1.54, 1.807) is 0 Å². The zero-order chi connectivity index (χ0) is 18.9. The summed E-state index contributed by atoms with van der Waals surface area (Å²) in [6.07, 6.45) is 2.81. The van der Waals surface area contributed by atoms with Crippen LogP contribution < -0.4 is 10.6 Å². The van der Waals surface area contributed by atoms with E-state index in [1.807, 2.05) is 44.2 Å². The van der Waals surface area contributed by atoms with E-state index < -0.39 is 0 Å². The smallest absolute Gasteiger partial charge is 0.227 e. The van der Waals surface area contributed by atoms with Gasteiger partial charge in [-0.2, -0.15) is 0 Å². The van der Waals surface area contributed by atoms with E-state index in [4.69, 9.17) is 0 Å². The normalized spacial score (nSPS) is 10.8. The number of benzene rings is 1. The molecule has 0 atom stereocenters. The fourth-order valence-corrected chi connectivity index (χ4v) is 2.64. The number of nitrogens with zero attached hydrogens (tertiary/aromatic N) is 3. The Bertz CT molecular complexity index is 712. The molecule has 2 aromatic rings. The maximum atomic E-state index is 12.2. The van der Waals surface area contributed by atoms with Gasteiger partial charge in [0.25, 0.3) is 0 Å². The van der Waals surface area contributed by atoms with Gasteiger partial charge < -0.3 is 15.5 Å². The maximum absolute atomic E-state index is 12.2. The van der Waals surface area contributed by atoms with Crippen molar-refractivity contribution in [3.63, 3.8) is 0 Å². The van der Waals surface area contributed by atoms with Gasteiger partial charge in [-0.05, 0) is 58.1 Å². The van der Waals surface area contributed by atoms with E-state index in [0.29, 0.717) is 12.4 Å². The molecule has 1 heterocycles. The van der Waals surface area contributed by atoms with E-state index in [-0.39, 0.29) is 5.91 Å². The molecule has 0 fully saturated rings. The highest BCUT2D eigenvalue weighted by Gasteiger charge is 2.06. The fourth-order valence-electron chi connectivity index (χ4n) is 2.64. The molecule has 1 aromatic carbocycles. The lowest BCUT2D eigenvalue weighted by atomic mass is 10.2. The molecule has 1 amide bonds. The second-order valence-corrected chi connectivity index (χ2v) is 6.64. The number of aryl methyl sites for hydroxylation is 2. The first-order valence-corrected chi connectivity index (χ1v) is 9.14. The van der Waals surface area contributed by atoms with Gasteiger partial charge in [0.2, 0.25) is 11.9 Å². The number of aromatic nitrogens is 2. The Labute approximate surface area is 156 Å². The largest absolute Gasteiger partial charge is 0.326 e. The Morgan fingerprint density at radius 3 is 2.46 bits per heavy atom. The second-order valence-electron chi connectivity index (χ2n) is 6.64. The number of carbonyl (C=O) groups is 1. The van der Waals surface area contributed by atoms with Crippen molar-refractivity contribution in [3.8, 4) is 0 Å². The van der Waals surface area contributed by atoms with Crippen LogP contribution >= 0.6 is 0 Å². The molecule has 0 aliphatic carbocycles. The number of carbonyl (C=O) groups excluding carboxylic acids is 1. The van der Waals surface area contributed by atoms with Crippen LogP contribution in [0.4, 0.5) is 17.3 Å². The zero-order valence-corrected chi connectivity index (χ0v) is 16.2. The highest BCUT2D eigenvalue weighted by atomic mass is 16.1. The third-order valence-electron chi connectivity index (χ3n) is 4.00. The minimum Gasteiger partial charge on any atom is -0.326 e. The Kier molecular flexibility index (Phi) is 7.53. The van der Waals surface area contributed by atoms with E-state index in [9.17, 15) is 4.79 Å². The quantitative estimate of drug-likeness (QED) is 0.714. The summed E-state index contributed by atoms with van der Waals surface area (Å²) in [7, 11) is 2.05. The molecular weight excluding hydrogens is 326 g/mol. The van der Waals surface area contributed by atoms with Crippen molar-refractivity contribution in [3.05, 3.63) is 41.7 Å². The third-order valence-corrected chi connectivity index (χ3v) is 4.00. The molecule has 0 radical (unpaired) electrons. The van der Waals surface area contributed by atoms with Gasteiger partial charge in [0, 0.05) is 35.7 Å². The van der Waals surface area contributed by atoms with E-state index >= 15 is 0 Å². The van der Waals surface area contributed by atoms with Crippen LogP contribution in [-0.4, -0.2) is 40.9 Å². The van der Waals surface area contributed by atoms with Gasteiger partial charge in [-0.1, -0.05) is 19.4 Å². The predicted molar refractivity (Wildman–Crippen MR) is 107 cm³/mol. The number of hydrogen-bond donors (Lipinski definition) is 2. The van der Waals surface area contributed by atoms with Crippen molar-refractivity contribution in [2.45, 2.75) is 40.0 Å². The Hall–Kier alpha value is -2.47. The highest BCUT2D eigenvalue weighted by molar-refractivity contribution is 5.91. The van der Waals surface area contributed by atoms with Crippen LogP contribution in [0.2, 0.25) is 0 Å². The predicted octanol–water partition coefficient (Wildman–Crippen LogP) is 3.90. The summed E-state index contributed by atoms with van der Waals surface area (Å²) in [6.45, 7) is 7.84. The van der Waals surface area contributed by atoms with Crippen LogP contribution in [0.1, 0.15) is 37.6 Å². The summed E-state index contributed by atoms with van der Waals surface area (Å²) in [5.74, 6) is 0.580. The summed E-state index contributed by atoms with van der Waals surface area (Å²) in [5.41, 5.74) is 3.43. The summed E-state index contributed by atoms with van der Waals surface area (Å²) in [6, 6.07) is 9.52. The van der Waals surface area contributed by atoms with Crippen LogP contribution in [0, 0.1) is 13.8 Å². The first-order valence-electron chi connectivity index (χ1n) is 9.14. The maximum Gasteiger partial charge on any atom is 0.227 e. The summed E-state index contributed by atoms with van der Waals surface area (Å²) < 4.78 is 0. The average molecular weight is 355 g/mol. The minimum absolute atomic E-state index is 0.0214. The summed E-state index contributed by atoms with van der Waals surface area (Å²) >= 11 is 0. The molecule has 0 saturated carbocycles. The molecule has 0 aliphatic heterocycles. The molecule has 0 spiro atoms. The van der Waals surface area contributed by atoms with Gasteiger partial charge >= 0.3 is 0 Å². The topological polar surface area (TPSA) is 70.2 Å². The molecule has 0 saturated heterocycles. The lowest BCUT2D eigenvalue weighted by Gasteiger charge is -2.15. The van der Waals surface area contributed by atoms with Crippen LogP contribution in [-0.2, 0) is 4.79 Å². The first kappa shape index (κ1) is 19.8. The second kappa shape index (κ2) is 9.87. The molecule has 0 aliphatic rings.